The normalized spacial score (nSPS) is 18.5. The van der Waals surface area contributed by atoms with Crippen LogP contribution >= 0.6 is 0 Å². The number of carbonyl (C=O) groups excluding carboxylic acids is 2. The van der Waals surface area contributed by atoms with E-state index in [1.165, 1.54) is 14.2 Å². The van der Waals surface area contributed by atoms with Crippen molar-refractivity contribution in [3.05, 3.63) is 23.8 Å². The van der Waals surface area contributed by atoms with Gasteiger partial charge in [-0.25, -0.2) is 4.79 Å². The standard InChI is InChI=1S/C17H22N2O5/c1-22-13-4-3-5-14(23-2)15(13)16(20)18-8-6-12(7-9-18)19-10-11-24-17(19)21/h3-5,12H,6-11H2,1-2H3. The minimum atomic E-state index is -0.244. The number of hydrogen-bond acceptors (Lipinski definition) is 5. The third-order valence-corrected chi connectivity index (χ3v) is 4.63. The quantitative estimate of drug-likeness (QED) is 0.839. The summed E-state index contributed by atoms with van der Waals surface area (Å²) in [5.41, 5.74) is 0.446. The lowest BCUT2D eigenvalue weighted by atomic mass is 10.0. The highest BCUT2D eigenvalue weighted by atomic mass is 16.6. The number of carbonyl (C=O) groups is 2. The Morgan fingerprint density at radius 2 is 1.75 bits per heavy atom. The highest BCUT2D eigenvalue weighted by molar-refractivity contribution is 5.99. The number of piperidine rings is 1. The number of methoxy groups -OCH3 is 2. The van der Waals surface area contributed by atoms with Crippen LogP contribution in [-0.4, -0.2) is 68.3 Å². The SMILES string of the molecule is COc1cccc(OC)c1C(=O)N1CCC(N2CCOC2=O)CC1. The summed E-state index contributed by atoms with van der Waals surface area (Å²) in [6.07, 6.45) is 1.25. The summed E-state index contributed by atoms with van der Waals surface area (Å²) >= 11 is 0. The van der Waals surface area contributed by atoms with Gasteiger partial charge in [-0.15, -0.1) is 0 Å². The number of amides is 2. The van der Waals surface area contributed by atoms with Crippen LogP contribution in [0, 0.1) is 0 Å². The van der Waals surface area contributed by atoms with E-state index in [9.17, 15) is 9.59 Å². The average Bonchev–Trinajstić information content (AvgIpc) is 3.06. The first kappa shape index (κ1) is 16.4. The summed E-state index contributed by atoms with van der Waals surface area (Å²) in [7, 11) is 3.08. The van der Waals surface area contributed by atoms with Crippen LogP contribution in [0.5, 0.6) is 11.5 Å². The summed E-state index contributed by atoms with van der Waals surface area (Å²) < 4.78 is 15.6. The molecule has 0 aromatic heterocycles. The first-order valence-corrected chi connectivity index (χ1v) is 8.09. The van der Waals surface area contributed by atoms with Gasteiger partial charge in [-0.1, -0.05) is 6.07 Å². The smallest absolute Gasteiger partial charge is 0.410 e. The van der Waals surface area contributed by atoms with Gasteiger partial charge in [-0.2, -0.15) is 0 Å². The molecule has 7 nitrogen and oxygen atoms in total. The highest BCUT2D eigenvalue weighted by Crippen LogP contribution is 2.31. The molecule has 1 aromatic rings. The van der Waals surface area contributed by atoms with Crippen molar-refractivity contribution in [1.29, 1.82) is 0 Å². The predicted molar refractivity (Wildman–Crippen MR) is 86.5 cm³/mol. The molecule has 3 rings (SSSR count). The van der Waals surface area contributed by atoms with Crippen molar-refractivity contribution < 1.29 is 23.8 Å². The van der Waals surface area contributed by atoms with Crippen molar-refractivity contribution in [2.24, 2.45) is 0 Å². The molecule has 130 valence electrons. The van der Waals surface area contributed by atoms with Gasteiger partial charge in [0.25, 0.3) is 5.91 Å². The van der Waals surface area contributed by atoms with Gasteiger partial charge < -0.3 is 24.0 Å². The minimum Gasteiger partial charge on any atom is -0.496 e. The van der Waals surface area contributed by atoms with Gasteiger partial charge in [0.2, 0.25) is 0 Å². The van der Waals surface area contributed by atoms with Gasteiger partial charge >= 0.3 is 6.09 Å². The second-order valence-corrected chi connectivity index (χ2v) is 5.87. The molecule has 0 N–H and O–H groups in total. The average molecular weight is 334 g/mol. The molecule has 2 aliphatic rings. The number of ether oxygens (including phenoxy) is 3. The van der Waals surface area contributed by atoms with Gasteiger partial charge in [0, 0.05) is 19.1 Å². The molecule has 2 aliphatic heterocycles. The van der Waals surface area contributed by atoms with Gasteiger partial charge in [0.15, 0.2) is 0 Å². The molecule has 2 saturated heterocycles. The fraction of sp³-hybridized carbons (Fsp3) is 0.529. The van der Waals surface area contributed by atoms with Crippen LogP contribution in [0.2, 0.25) is 0 Å². The maximum atomic E-state index is 12.9. The van der Waals surface area contributed by atoms with Gasteiger partial charge in [-0.05, 0) is 25.0 Å². The minimum absolute atomic E-state index is 0.105. The number of nitrogens with zero attached hydrogens (tertiary/aromatic N) is 2. The maximum Gasteiger partial charge on any atom is 0.410 e. The van der Waals surface area contributed by atoms with E-state index in [2.05, 4.69) is 0 Å². The molecule has 24 heavy (non-hydrogen) atoms. The Labute approximate surface area is 141 Å². The van der Waals surface area contributed by atoms with E-state index in [0.717, 1.165) is 12.8 Å². The van der Waals surface area contributed by atoms with Crippen LogP contribution in [0.3, 0.4) is 0 Å². The molecular formula is C17H22N2O5. The Hall–Kier alpha value is -2.44. The van der Waals surface area contributed by atoms with E-state index >= 15 is 0 Å². The second-order valence-electron chi connectivity index (χ2n) is 5.87. The van der Waals surface area contributed by atoms with Crippen LogP contribution in [-0.2, 0) is 4.74 Å². The Bertz CT molecular complexity index is 603. The van der Waals surface area contributed by atoms with E-state index in [1.807, 2.05) is 0 Å². The van der Waals surface area contributed by atoms with Gasteiger partial charge in [-0.3, -0.25) is 4.79 Å². The van der Waals surface area contributed by atoms with E-state index in [0.29, 0.717) is 43.3 Å². The molecule has 0 saturated carbocycles. The molecule has 0 bridgehead atoms. The molecule has 0 aliphatic carbocycles. The lowest BCUT2D eigenvalue weighted by Crippen LogP contribution is -2.47. The zero-order valence-corrected chi connectivity index (χ0v) is 14.0. The molecule has 1 aromatic carbocycles. The van der Waals surface area contributed by atoms with Crippen molar-refractivity contribution >= 4 is 12.0 Å². The number of rotatable bonds is 4. The summed E-state index contributed by atoms with van der Waals surface area (Å²) in [4.78, 5) is 28.1. The molecule has 2 heterocycles. The van der Waals surface area contributed by atoms with Crippen molar-refractivity contribution in [3.63, 3.8) is 0 Å². The van der Waals surface area contributed by atoms with Crippen LogP contribution in [0.15, 0.2) is 18.2 Å². The largest absolute Gasteiger partial charge is 0.496 e. The topological polar surface area (TPSA) is 68.3 Å². The van der Waals surface area contributed by atoms with E-state index < -0.39 is 0 Å². The summed E-state index contributed by atoms with van der Waals surface area (Å²) in [6.45, 7) is 2.27. The Morgan fingerprint density at radius 1 is 1.12 bits per heavy atom. The van der Waals surface area contributed by atoms with Crippen molar-refractivity contribution in [1.82, 2.24) is 9.80 Å². The van der Waals surface area contributed by atoms with Crippen molar-refractivity contribution in [2.45, 2.75) is 18.9 Å². The van der Waals surface area contributed by atoms with E-state index in [4.69, 9.17) is 14.2 Å². The van der Waals surface area contributed by atoms with Gasteiger partial charge in [0.1, 0.15) is 23.7 Å². The predicted octanol–water partition coefficient (Wildman–Crippen LogP) is 1.76. The first-order chi connectivity index (χ1) is 11.7. The van der Waals surface area contributed by atoms with Crippen molar-refractivity contribution in [2.75, 3.05) is 40.5 Å². The van der Waals surface area contributed by atoms with Crippen LogP contribution in [0.4, 0.5) is 4.79 Å². The fourth-order valence-corrected chi connectivity index (χ4v) is 3.34. The zero-order chi connectivity index (χ0) is 17.1. The Kier molecular flexibility index (Phi) is 4.78. The number of cyclic esters (lactones) is 1. The van der Waals surface area contributed by atoms with Crippen LogP contribution in [0.1, 0.15) is 23.2 Å². The molecule has 0 spiro atoms. The van der Waals surface area contributed by atoms with E-state index in [1.54, 1.807) is 28.0 Å². The molecule has 0 radical (unpaired) electrons. The first-order valence-electron chi connectivity index (χ1n) is 8.09. The van der Waals surface area contributed by atoms with E-state index in [-0.39, 0.29) is 18.0 Å². The maximum absolute atomic E-state index is 12.9. The second kappa shape index (κ2) is 6.98. The Balaban J connectivity index is 1.71. The molecular weight excluding hydrogens is 312 g/mol. The molecule has 2 fully saturated rings. The molecule has 7 heteroatoms. The number of hydrogen-bond donors (Lipinski definition) is 0. The van der Waals surface area contributed by atoms with Crippen LogP contribution in [0.25, 0.3) is 0 Å². The third kappa shape index (κ3) is 2.98. The zero-order valence-electron chi connectivity index (χ0n) is 14.0. The summed E-state index contributed by atoms with van der Waals surface area (Å²) in [6, 6.07) is 5.44. The molecule has 2 amide bonds. The van der Waals surface area contributed by atoms with Crippen molar-refractivity contribution in [3.8, 4) is 11.5 Å². The summed E-state index contributed by atoms with van der Waals surface area (Å²) in [5.74, 6) is 0.904. The summed E-state index contributed by atoms with van der Waals surface area (Å²) in [5, 5.41) is 0. The third-order valence-electron chi connectivity index (χ3n) is 4.63. The number of benzene rings is 1. The fourth-order valence-electron chi connectivity index (χ4n) is 3.34. The molecule has 0 unspecified atom stereocenters. The lowest BCUT2D eigenvalue weighted by molar-refractivity contribution is 0.0652. The van der Waals surface area contributed by atoms with Crippen LogP contribution < -0.4 is 9.47 Å². The monoisotopic (exact) mass is 334 g/mol. The lowest BCUT2D eigenvalue weighted by Gasteiger charge is -2.35. The Morgan fingerprint density at radius 3 is 2.25 bits per heavy atom. The molecule has 0 atom stereocenters. The van der Waals surface area contributed by atoms with Gasteiger partial charge in [0.05, 0.1) is 20.8 Å². The number of likely N-dealkylation sites (tertiary alicyclic amines) is 1. The highest BCUT2D eigenvalue weighted by Gasteiger charge is 2.34.